The number of nitrogen functional groups attached to an aromatic ring is 1. The Labute approximate surface area is 94.7 Å². The van der Waals surface area contributed by atoms with Crippen LogP contribution >= 0.6 is 0 Å². The molecule has 0 amide bonds. The number of rotatable bonds is 3. The third-order valence-corrected chi connectivity index (χ3v) is 2.51. The second kappa shape index (κ2) is 4.26. The first-order valence-corrected chi connectivity index (χ1v) is 5.09. The van der Waals surface area contributed by atoms with Crippen LogP contribution in [0, 0.1) is 0 Å². The topological polar surface area (TPSA) is 53.1 Å². The molecule has 0 aliphatic heterocycles. The molecule has 0 saturated heterocycles. The maximum atomic E-state index is 5.67. The first-order valence-electron chi connectivity index (χ1n) is 5.09. The summed E-state index contributed by atoms with van der Waals surface area (Å²) in [5.74, 6) is 1.41. The zero-order chi connectivity index (χ0) is 11.5. The van der Waals surface area contributed by atoms with Gasteiger partial charge in [-0.3, -0.25) is 0 Å². The van der Waals surface area contributed by atoms with Crippen LogP contribution in [-0.4, -0.2) is 16.7 Å². The molecular formula is C12H15N3O. The number of nitrogens with zero attached hydrogens (tertiary/aromatic N) is 2. The number of nitrogens with two attached hydrogens (primary N) is 1. The van der Waals surface area contributed by atoms with Gasteiger partial charge in [0.15, 0.2) is 5.95 Å². The van der Waals surface area contributed by atoms with Crippen LogP contribution in [0.4, 0.5) is 5.95 Å². The molecule has 2 N–H and O–H groups in total. The van der Waals surface area contributed by atoms with E-state index in [2.05, 4.69) is 4.98 Å². The zero-order valence-corrected chi connectivity index (χ0v) is 9.47. The lowest BCUT2D eigenvalue weighted by molar-refractivity contribution is 0.414. The minimum atomic E-state index is 0.545. The summed E-state index contributed by atoms with van der Waals surface area (Å²) >= 11 is 0. The third-order valence-electron chi connectivity index (χ3n) is 2.51. The molecule has 2 rings (SSSR count). The van der Waals surface area contributed by atoms with E-state index in [4.69, 9.17) is 10.5 Å². The van der Waals surface area contributed by atoms with Gasteiger partial charge in [-0.15, -0.1) is 0 Å². The minimum absolute atomic E-state index is 0.545. The first-order chi connectivity index (χ1) is 7.69. The van der Waals surface area contributed by atoms with Gasteiger partial charge in [0.2, 0.25) is 0 Å². The lowest BCUT2D eigenvalue weighted by Gasteiger charge is -2.01. The number of methoxy groups -OCH3 is 1. The molecule has 0 aliphatic rings. The Morgan fingerprint density at radius 3 is 2.50 bits per heavy atom. The maximum absolute atomic E-state index is 5.67. The van der Waals surface area contributed by atoms with Gasteiger partial charge >= 0.3 is 0 Å². The van der Waals surface area contributed by atoms with E-state index in [1.165, 1.54) is 5.56 Å². The van der Waals surface area contributed by atoms with Gasteiger partial charge in [0.25, 0.3) is 0 Å². The van der Waals surface area contributed by atoms with Crippen molar-refractivity contribution in [3.8, 4) is 5.75 Å². The second-order valence-electron chi connectivity index (χ2n) is 3.73. The van der Waals surface area contributed by atoms with Crippen molar-refractivity contribution in [1.82, 2.24) is 9.55 Å². The Bertz CT molecular complexity index is 454. The highest BCUT2D eigenvalue weighted by Gasteiger charge is 2.03. The van der Waals surface area contributed by atoms with Crippen molar-refractivity contribution in [2.24, 2.45) is 7.05 Å². The highest BCUT2D eigenvalue weighted by Crippen LogP contribution is 2.14. The van der Waals surface area contributed by atoms with Gasteiger partial charge in [-0.2, -0.15) is 0 Å². The van der Waals surface area contributed by atoms with E-state index in [0.29, 0.717) is 5.95 Å². The molecule has 1 aromatic heterocycles. The monoisotopic (exact) mass is 217 g/mol. The molecule has 2 aromatic rings. The average Bonchev–Trinajstić information content (AvgIpc) is 2.59. The fourth-order valence-electron chi connectivity index (χ4n) is 1.58. The van der Waals surface area contributed by atoms with Crippen molar-refractivity contribution < 1.29 is 4.74 Å². The molecule has 0 aliphatic carbocycles. The first kappa shape index (κ1) is 10.5. The standard InChI is InChI=1S/C12H15N3O/c1-15-8-10(14-12(15)13)7-9-3-5-11(16-2)6-4-9/h3-6,8H,7H2,1-2H3,(H2,13,14). The van der Waals surface area contributed by atoms with Gasteiger partial charge < -0.3 is 15.0 Å². The van der Waals surface area contributed by atoms with Crippen molar-refractivity contribution >= 4 is 5.95 Å². The molecule has 16 heavy (non-hydrogen) atoms. The number of aryl methyl sites for hydroxylation is 1. The van der Waals surface area contributed by atoms with Gasteiger partial charge in [-0.05, 0) is 17.7 Å². The maximum Gasteiger partial charge on any atom is 0.200 e. The van der Waals surface area contributed by atoms with Crippen LogP contribution in [0.1, 0.15) is 11.3 Å². The number of hydrogen-bond acceptors (Lipinski definition) is 3. The Hall–Kier alpha value is -1.97. The van der Waals surface area contributed by atoms with Gasteiger partial charge in [-0.25, -0.2) is 4.98 Å². The Morgan fingerprint density at radius 2 is 2.00 bits per heavy atom. The number of imidazole rings is 1. The Balaban J connectivity index is 2.14. The van der Waals surface area contributed by atoms with Crippen molar-refractivity contribution in [2.45, 2.75) is 6.42 Å². The number of anilines is 1. The molecule has 0 saturated carbocycles. The summed E-state index contributed by atoms with van der Waals surface area (Å²) in [7, 11) is 3.55. The molecule has 1 heterocycles. The van der Waals surface area contributed by atoms with E-state index in [1.807, 2.05) is 42.1 Å². The van der Waals surface area contributed by atoms with Gasteiger partial charge in [0.05, 0.1) is 12.8 Å². The van der Waals surface area contributed by atoms with Crippen molar-refractivity contribution in [1.29, 1.82) is 0 Å². The smallest absolute Gasteiger partial charge is 0.200 e. The number of aromatic nitrogens is 2. The number of hydrogen-bond donors (Lipinski definition) is 1. The highest BCUT2D eigenvalue weighted by molar-refractivity contribution is 5.31. The number of ether oxygens (including phenoxy) is 1. The summed E-state index contributed by atoms with van der Waals surface area (Å²) in [5.41, 5.74) is 7.84. The average molecular weight is 217 g/mol. The molecule has 0 radical (unpaired) electrons. The zero-order valence-electron chi connectivity index (χ0n) is 9.47. The summed E-state index contributed by atoms with van der Waals surface area (Å²) in [4.78, 5) is 4.26. The predicted octanol–water partition coefficient (Wildman–Crippen LogP) is 1.60. The van der Waals surface area contributed by atoms with Crippen LogP contribution < -0.4 is 10.5 Å². The van der Waals surface area contributed by atoms with Gasteiger partial charge in [-0.1, -0.05) is 12.1 Å². The van der Waals surface area contributed by atoms with Crippen molar-refractivity contribution in [2.75, 3.05) is 12.8 Å². The fraction of sp³-hybridized carbons (Fsp3) is 0.250. The largest absolute Gasteiger partial charge is 0.497 e. The van der Waals surface area contributed by atoms with Crippen LogP contribution in [0.5, 0.6) is 5.75 Å². The molecule has 0 fully saturated rings. The SMILES string of the molecule is COc1ccc(Cc2cn(C)c(N)n2)cc1. The fourth-order valence-corrected chi connectivity index (χ4v) is 1.58. The van der Waals surface area contributed by atoms with E-state index in [0.717, 1.165) is 17.9 Å². The summed E-state index contributed by atoms with van der Waals surface area (Å²) < 4.78 is 6.92. The van der Waals surface area contributed by atoms with Crippen LogP contribution in [0.15, 0.2) is 30.5 Å². The number of benzene rings is 1. The van der Waals surface area contributed by atoms with Gasteiger partial charge in [0.1, 0.15) is 5.75 Å². The van der Waals surface area contributed by atoms with Crippen LogP contribution in [0.2, 0.25) is 0 Å². The summed E-state index contributed by atoms with van der Waals surface area (Å²) in [6.07, 6.45) is 2.73. The van der Waals surface area contributed by atoms with Gasteiger partial charge in [0, 0.05) is 19.7 Å². The van der Waals surface area contributed by atoms with E-state index in [9.17, 15) is 0 Å². The quantitative estimate of drug-likeness (QED) is 0.849. The summed E-state index contributed by atoms with van der Waals surface area (Å²) in [6, 6.07) is 7.96. The van der Waals surface area contributed by atoms with E-state index in [1.54, 1.807) is 7.11 Å². The third kappa shape index (κ3) is 2.16. The van der Waals surface area contributed by atoms with Crippen LogP contribution in [0.25, 0.3) is 0 Å². The molecule has 4 heteroatoms. The van der Waals surface area contributed by atoms with Crippen molar-refractivity contribution in [3.63, 3.8) is 0 Å². The van der Waals surface area contributed by atoms with E-state index < -0.39 is 0 Å². The molecule has 0 unspecified atom stereocenters. The minimum Gasteiger partial charge on any atom is -0.497 e. The van der Waals surface area contributed by atoms with E-state index >= 15 is 0 Å². The summed E-state index contributed by atoms with van der Waals surface area (Å²) in [6.45, 7) is 0. The van der Waals surface area contributed by atoms with Crippen LogP contribution in [-0.2, 0) is 13.5 Å². The molecule has 84 valence electrons. The molecule has 1 aromatic carbocycles. The molecule has 0 bridgehead atoms. The van der Waals surface area contributed by atoms with E-state index in [-0.39, 0.29) is 0 Å². The normalized spacial score (nSPS) is 10.4. The second-order valence-corrected chi connectivity index (χ2v) is 3.73. The Kier molecular flexibility index (Phi) is 2.81. The summed E-state index contributed by atoms with van der Waals surface area (Å²) in [5, 5.41) is 0. The van der Waals surface area contributed by atoms with Crippen molar-refractivity contribution in [3.05, 3.63) is 41.7 Å². The molecule has 4 nitrogen and oxygen atoms in total. The van der Waals surface area contributed by atoms with Crippen LogP contribution in [0.3, 0.4) is 0 Å². The lowest BCUT2D eigenvalue weighted by atomic mass is 10.1. The lowest BCUT2D eigenvalue weighted by Crippen LogP contribution is -1.94. The molecule has 0 spiro atoms. The molecular weight excluding hydrogens is 202 g/mol. The Morgan fingerprint density at radius 1 is 1.31 bits per heavy atom. The molecule has 0 atom stereocenters. The highest BCUT2D eigenvalue weighted by atomic mass is 16.5. The predicted molar refractivity (Wildman–Crippen MR) is 63.4 cm³/mol.